The summed E-state index contributed by atoms with van der Waals surface area (Å²) < 4.78 is 47.4. The first-order valence-electron chi connectivity index (χ1n) is 10.5. The number of fused-ring (bicyclic) bond motifs is 1. The predicted octanol–water partition coefficient (Wildman–Crippen LogP) is 4.57. The van der Waals surface area contributed by atoms with E-state index in [0.29, 0.717) is 23.6 Å². The summed E-state index contributed by atoms with van der Waals surface area (Å²) in [5.74, 6) is 0.823. The molecule has 3 aromatic rings. The molecule has 33 heavy (non-hydrogen) atoms. The zero-order valence-electron chi connectivity index (χ0n) is 17.7. The van der Waals surface area contributed by atoms with Crippen LogP contribution >= 0.6 is 0 Å². The summed E-state index contributed by atoms with van der Waals surface area (Å²) in [6, 6.07) is 13.0. The van der Waals surface area contributed by atoms with E-state index in [9.17, 15) is 18.0 Å². The molecule has 0 saturated carbocycles. The fraction of sp³-hybridized carbons (Fsp3) is 0.292. The topological polar surface area (TPSA) is 64.6 Å². The van der Waals surface area contributed by atoms with Crippen molar-refractivity contribution in [1.29, 1.82) is 0 Å². The molecule has 0 unspecified atom stereocenters. The first-order chi connectivity index (χ1) is 15.9. The lowest BCUT2D eigenvalue weighted by atomic mass is 10.1. The summed E-state index contributed by atoms with van der Waals surface area (Å²) in [5, 5.41) is 0. The van der Waals surface area contributed by atoms with Gasteiger partial charge in [0.2, 0.25) is 0 Å². The van der Waals surface area contributed by atoms with Crippen LogP contribution in [-0.4, -0.2) is 40.6 Å². The Balaban J connectivity index is 1.40. The SMILES string of the molecule is O=CCCN1CCc2nc(-c3ccc(OCc4ccccc4OC(F)(F)F)cc3)ncc2C1. The molecule has 0 spiro atoms. The Bertz CT molecular complexity index is 1100. The molecule has 0 N–H and O–H groups in total. The second-order valence-corrected chi connectivity index (χ2v) is 7.62. The van der Waals surface area contributed by atoms with E-state index >= 15 is 0 Å². The highest BCUT2D eigenvalue weighted by molar-refractivity contribution is 5.56. The minimum Gasteiger partial charge on any atom is -0.489 e. The number of carbonyl (C=O) groups is 1. The Kier molecular flexibility index (Phi) is 6.88. The van der Waals surface area contributed by atoms with Crippen LogP contribution in [0.3, 0.4) is 0 Å². The molecular formula is C24H22F3N3O3. The number of halogens is 3. The predicted molar refractivity (Wildman–Crippen MR) is 115 cm³/mol. The smallest absolute Gasteiger partial charge is 0.489 e. The molecule has 0 atom stereocenters. The van der Waals surface area contributed by atoms with Gasteiger partial charge in [-0.05, 0) is 30.3 Å². The van der Waals surface area contributed by atoms with Crippen molar-refractivity contribution in [1.82, 2.24) is 14.9 Å². The van der Waals surface area contributed by atoms with Crippen molar-refractivity contribution in [3.63, 3.8) is 0 Å². The molecule has 0 radical (unpaired) electrons. The summed E-state index contributed by atoms with van der Waals surface area (Å²) in [4.78, 5) is 22.0. The summed E-state index contributed by atoms with van der Waals surface area (Å²) in [6.45, 7) is 2.25. The molecule has 172 valence electrons. The maximum absolute atomic E-state index is 12.6. The quantitative estimate of drug-likeness (QED) is 0.462. The minimum atomic E-state index is -4.76. The molecule has 2 aromatic carbocycles. The van der Waals surface area contributed by atoms with Gasteiger partial charge in [-0.1, -0.05) is 18.2 Å². The third-order valence-electron chi connectivity index (χ3n) is 5.28. The lowest BCUT2D eigenvalue weighted by molar-refractivity contribution is -0.275. The third kappa shape index (κ3) is 6.07. The molecule has 0 bridgehead atoms. The van der Waals surface area contributed by atoms with Crippen molar-refractivity contribution in [2.45, 2.75) is 32.4 Å². The first kappa shape index (κ1) is 22.7. The number of aromatic nitrogens is 2. The number of carbonyl (C=O) groups excluding carboxylic acids is 1. The van der Waals surface area contributed by atoms with Gasteiger partial charge in [0.15, 0.2) is 5.82 Å². The van der Waals surface area contributed by atoms with E-state index in [1.165, 1.54) is 18.2 Å². The van der Waals surface area contributed by atoms with E-state index in [1.54, 1.807) is 18.2 Å². The zero-order chi connectivity index (χ0) is 23.3. The minimum absolute atomic E-state index is 0.0679. The fourth-order valence-electron chi connectivity index (χ4n) is 3.65. The van der Waals surface area contributed by atoms with Crippen molar-refractivity contribution in [3.05, 3.63) is 71.5 Å². The van der Waals surface area contributed by atoms with Crippen LogP contribution in [-0.2, 0) is 24.4 Å². The molecule has 0 aliphatic carbocycles. The van der Waals surface area contributed by atoms with Gasteiger partial charge in [-0.25, -0.2) is 9.97 Å². The molecule has 2 heterocycles. The fourth-order valence-corrected chi connectivity index (χ4v) is 3.65. The van der Waals surface area contributed by atoms with Crippen molar-refractivity contribution in [2.75, 3.05) is 13.1 Å². The number of ether oxygens (including phenoxy) is 2. The molecule has 0 saturated heterocycles. The highest BCUT2D eigenvalue weighted by atomic mass is 19.4. The molecule has 0 amide bonds. The molecule has 1 aliphatic rings. The Hall–Kier alpha value is -3.46. The van der Waals surface area contributed by atoms with E-state index in [4.69, 9.17) is 9.72 Å². The maximum Gasteiger partial charge on any atom is 0.573 e. The van der Waals surface area contributed by atoms with Crippen LogP contribution in [0.5, 0.6) is 11.5 Å². The van der Waals surface area contributed by atoms with Crippen molar-refractivity contribution in [3.8, 4) is 22.9 Å². The van der Waals surface area contributed by atoms with Crippen LogP contribution in [0.4, 0.5) is 13.2 Å². The lowest BCUT2D eigenvalue weighted by Crippen LogP contribution is -2.32. The number of hydrogen-bond acceptors (Lipinski definition) is 6. The molecule has 4 rings (SSSR count). The van der Waals surface area contributed by atoms with Crippen LogP contribution in [0.1, 0.15) is 23.2 Å². The van der Waals surface area contributed by atoms with Crippen molar-refractivity contribution in [2.24, 2.45) is 0 Å². The molecule has 6 nitrogen and oxygen atoms in total. The van der Waals surface area contributed by atoms with Gasteiger partial charge in [-0.15, -0.1) is 13.2 Å². The monoisotopic (exact) mass is 457 g/mol. The van der Waals surface area contributed by atoms with E-state index in [1.807, 2.05) is 18.3 Å². The largest absolute Gasteiger partial charge is 0.573 e. The van der Waals surface area contributed by atoms with E-state index in [-0.39, 0.29) is 12.4 Å². The van der Waals surface area contributed by atoms with Gasteiger partial charge < -0.3 is 14.3 Å². The number of nitrogens with zero attached hydrogens (tertiary/aromatic N) is 3. The van der Waals surface area contributed by atoms with E-state index in [0.717, 1.165) is 49.2 Å². The van der Waals surface area contributed by atoms with E-state index in [2.05, 4.69) is 14.6 Å². The molecule has 1 aliphatic heterocycles. The average Bonchev–Trinajstić information content (AvgIpc) is 2.81. The summed E-state index contributed by atoms with van der Waals surface area (Å²) in [5.41, 5.74) is 3.17. The van der Waals surface area contributed by atoms with Gasteiger partial charge >= 0.3 is 6.36 Å². The number of benzene rings is 2. The summed E-state index contributed by atoms with van der Waals surface area (Å²) >= 11 is 0. The maximum atomic E-state index is 12.6. The van der Waals surface area contributed by atoms with Gasteiger partial charge in [-0.2, -0.15) is 0 Å². The number of rotatable bonds is 8. The van der Waals surface area contributed by atoms with Crippen LogP contribution < -0.4 is 9.47 Å². The van der Waals surface area contributed by atoms with E-state index < -0.39 is 6.36 Å². The van der Waals surface area contributed by atoms with Gasteiger partial charge in [0, 0.05) is 55.4 Å². The highest BCUT2D eigenvalue weighted by Crippen LogP contribution is 2.28. The standard InChI is InChI=1S/C24H22F3N3O3/c25-24(26,27)33-22-5-2-1-4-18(22)16-32-20-8-6-17(7-9-20)23-28-14-19-15-30(11-3-13-31)12-10-21(19)29-23/h1-2,4-9,13-14H,3,10-12,15-16H2. The normalized spacial score (nSPS) is 13.9. The van der Waals surface area contributed by atoms with Gasteiger partial charge in [0.25, 0.3) is 0 Å². The average molecular weight is 457 g/mol. The summed E-state index contributed by atoms with van der Waals surface area (Å²) in [7, 11) is 0. The van der Waals surface area contributed by atoms with Crippen LogP contribution in [0.25, 0.3) is 11.4 Å². The lowest BCUT2D eigenvalue weighted by Gasteiger charge is -2.27. The van der Waals surface area contributed by atoms with Crippen LogP contribution in [0.2, 0.25) is 0 Å². The molecular weight excluding hydrogens is 435 g/mol. The van der Waals surface area contributed by atoms with Gasteiger partial charge in [0.05, 0.1) is 5.69 Å². The Morgan fingerprint density at radius 3 is 2.64 bits per heavy atom. The van der Waals surface area contributed by atoms with Crippen LogP contribution in [0.15, 0.2) is 54.7 Å². The zero-order valence-corrected chi connectivity index (χ0v) is 17.7. The van der Waals surface area contributed by atoms with Crippen molar-refractivity contribution >= 4 is 6.29 Å². The highest BCUT2D eigenvalue weighted by Gasteiger charge is 2.32. The number of para-hydroxylation sites is 1. The van der Waals surface area contributed by atoms with Gasteiger partial charge in [0.1, 0.15) is 24.4 Å². The Morgan fingerprint density at radius 2 is 1.88 bits per heavy atom. The van der Waals surface area contributed by atoms with Gasteiger partial charge in [-0.3, -0.25) is 4.90 Å². The molecule has 9 heteroatoms. The third-order valence-corrected chi connectivity index (χ3v) is 5.28. The van der Waals surface area contributed by atoms with Crippen LogP contribution in [0, 0.1) is 0 Å². The number of aldehydes is 1. The molecule has 1 aromatic heterocycles. The Morgan fingerprint density at radius 1 is 1.09 bits per heavy atom. The second-order valence-electron chi connectivity index (χ2n) is 7.62. The second kappa shape index (κ2) is 9.99. The number of hydrogen-bond donors (Lipinski definition) is 0. The molecule has 0 fully saturated rings. The van der Waals surface area contributed by atoms with Crippen molar-refractivity contribution < 1.29 is 27.4 Å². The first-order valence-corrected chi connectivity index (χ1v) is 10.5. The number of alkyl halides is 3. The summed E-state index contributed by atoms with van der Waals surface area (Å²) in [6.07, 6.45) is -0.696. The Labute approximate surface area is 189 Å².